The van der Waals surface area contributed by atoms with Gasteiger partial charge in [-0.2, -0.15) is 0 Å². The van der Waals surface area contributed by atoms with Crippen LogP contribution in [-0.2, 0) is 9.59 Å². The van der Waals surface area contributed by atoms with E-state index >= 15 is 0 Å². The molecule has 0 aromatic heterocycles. The number of Topliss-reactive ketones (excluding diaryl/α,β-unsaturated/α-hetero) is 1. The van der Waals surface area contributed by atoms with Gasteiger partial charge >= 0.3 is 0 Å². The zero-order chi connectivity index (χ0) is 10.4. The van der Waals surface area contributed by atoms with Crippen LogP contribution in [0.2, 0.25) is 0 Å². The Labute approximate surface area is 94.5 Å². The van der Waals surface area contributed by atoms with Gasteiger partial charge in [0.25, 0.3) is 0 Å². The first-order valence-corrected chi connectivity index (χ1v) is 4.33. The van der Waals surface area contributed by atoms with Crippen molar-refractivity contribution in [2.45, 2.75) is 0 Å². The van der Waals surface area contributed by atoms with Gasteiger partial charge in [-0.05, 0) is 23.6 Å². The fourth-order valence-corrected chi connectivity index (χ4v) is 1.00. The Balaban J connectivity index is 0.000000424. The molecular formula is C6H3Cl4NO2. The van der Waals surface area contributed by atoms with Gasteiger partial charge in [-0.3, -0.25) is 9.59 Å². The van der Waals surface area contributed by atoms with Crippen LogP contribution in [0.4, 0.5) is 0 Å². The van der Waals surface area contributed by atoms with Gasteiger partial charge in [0.2, 0.25) is 5.78 Å². The van der Waals surface area contributed by atoms with E-state index in [4.69, 9.17) is 23.2 Å². The van der Waals surface area contributed by atoms with E-state index in [0.717, 1.165) is 12.2 Å². The lowest BCUT2D eigenvalue weighted by atomic mass is 10.2. The molecule has 0 atom stereocenters. The van der Waals surface area contributed by atoms with Gasteiger partial charge in [-0.15, -0.1) is 4.35 Å². The molecule has 0 saturated heterocycles. The summed E-state index contributed by atoms with van der Waals surface area (Å²) in [5.41, 5.74) is 0. The number of ketones is 2. The number of nitrogens with one attached hydrogen (secondary N) is 1. The molecule has 1 rings (SSSR count). The van der Waals surface area contributed by atoms with Gasteiger partial charge in [0.15, 0.2) is 5.78 Å². The molecule has 72 valence electrons. The van der Waals surface area contributed by atoms with Crippen molar-refractivity contribution in [2.24, 2.45) is 0 Å². The third-order valence-electron chi connectivity index (χ3n) is 0.972. The summed E-state index contributed by atoms with van der Waals surface area (Å²) in [4.78, 5) is 21.3. The molecule has 0 heterocycles. The summed E-state index contributed by atoms with van der Waals surface area (Å²) >= 11 is 19.7. The molecular weight excluding hydrogens is 260 g/mol. The monoisotopic (exact) mass is 261 g/mol. The third kappa shape index (κ3) is 4.64. The van der Waals surface area contributed by atoms with Crippen LogP contribution in [0.1, 0.15) is 0 Å². The molecule has 0 unspecified atom stereocenters. The van der Waals surface area contributed by atoms with Crippen molar-refractivity contribution in [1.82, 2.24) is 4.35 Å². The van der Waals surface area contributed by atoms with Crippen molar-refractivity contribution in [1.29, 1.82) is 0 Å². The van der Waals surface area contributed by atoms with Crippen LogP contribution in [-0.4, -0.2) is 11.6 Å². The van der Waals surface area contributed by atoms with Gasteiger partial charge in [-0.1, -0.05) is 23.2 Å². The molecule has 0 bridgehead atoms. The van der Waals surface area contributed by atoms with Crippen LogP contribution in [0, 0.1) is 0 Å². The SMILES string of the molecule is ClNCl.O=C1C=C(Cl)C(=O)C(Cl)=C1. The Morgan fingerprint density at radius 3 is 1.62 bits per heavy atom. The molecule has 1 N–H and O–H groups in total. The first kappa shape index (κ1) is 12.9. The van der Waals surface area contributed by atoms with E-state index < -0.39 is 5.78 Å². The van der Waals surface area contributed by atoms with Crippen molar-refractivity contribution in [3.8, 4) is 0 Å². The van der Waals surface area contributed by atoms with E-state index in [2.05, 4.69) is 23.6 Å². The number of carbonyl (C=O) groups excluding carboxylic acids is 2. The van der Waals surface area contributed by atoms with Crippen LogP contribution in [0.25, 0.3) is 0 Å². The van der Waals surface area contributed by atoms with Crippen molar-refractivity contribution < 1.29 is 9.59 Å². The van der Waals surface area contributed by atoms with Crippen LogP contribution in [0.3, 0.4) is 0 Å². The molecule has 7 heteroatoms. The highest BCUT2D eigenvalue weighted by Gasteiger charge is 2.17. The first-order chi connectivity index (χ1) is 6.02. The van der Waals surface area contributed by atoms with Gasteiger partial charge in [0.05, 0.1) is 10.1 Å². The Morgan fingerprint density at radius 2 is 1.31 bits per heavy atom. The normalized spacial score (nSPS) is 15.7. The van der Waals surface area contributed by atoms with Crippen LogP contribution < -0.4 is 4.35 Å². The Bertz CT molecular complexity index is 260. The lowest BCUT2D eigenvalue weighted by Crippen LogP contribution is -2.07. The molecule has 3 nitrogen and oxygen atoms in total. The zero-order valence-electron chi connectivity index (χ0n) is 5.98. The summed E-state index contributed by atoms with van der Waals surface area (Å²) < 4.78 is 1.69. The molecule has 13 heavy (non-hydrogen) atoms. The standard InChI is InChI=1S/C6H2Cl2O2.Cl2HN/c7-4-1-3(9)2-5(8)6(4)10;1-3-2/h1-2H;3H. The van der Waals surface area contributed by atoms with E-state index in [1.54, 1.807) is 4.35 Å². The highest BCUT2D eigenvalue weighted by atomic mass is 35.5. The van der Waals surface area contributed by atoms with E-state index in [0.29, 0.717) is 0 Å². The Morgan fingerprint density at radius 1 is 1.00 bits per heavy atom. The molecule has 0 aromatic rings. The Hall–Kier alpha value is -0.0600. The molecule has 0 spiro atoms. The van der Waals surface area contributed by atoms with Crippen molar-refractivity contribution in [2.75, 3.05) is 0 Å². The fourth-order valence-electron chi connectivity index (χ4n) is 0.537. The van der Waals surface area contributed by atoms with Crippen LogP contribution in [0.5, 0.6) is 0 Å². The zero-order valence-corrected chi connectivity index (χ0v) is 9.01. The van der Waals surface area contributed by atoms with Gasteiger partial charge in [0, 0.05) is 12.2 Å². The maximum atomic E-state index is 10.7. The molecule has 0 fully saturated rings. The maximum absolute atomic E-state index is 10.7. The average Bonchev–Trinajstić information content (AvgIpc) is 2.01. The average molecular weight is 263 g/mol. The number of hydrogen-bond acceptors (Lipinski definition) is 3. The topological polar surface area (TPSA) is 46.2 Å². The number of allylic oxidation sites excluding steroid dienone is 4. The smallest absolute Gasteiger partial charge is 0.215 e. The van der Waals surface area contributed by atoms with E-state index in [1.807, 2.05) is 0 Å². The lowest BCUT2D eigenvalue weighted by Gasteiger charge is -2.00. The van der Waals surface area contributed by atoms with Crippen molar-refractivity contribution in [3.63, 3.8) is 0 Å². The molecule has 0 aromatic carbocycles. The largest absolute Gasteiger partial charge is 0.290 e. The van der Waals surface area contributed by atoms with Crippen LogP contribution in [0.15, 0.2) is 22.2 Å². The molecule has 1 aliphatic carbocycles. The second-order valence-electron chi connectivity index (χ2n) is 1.79. The minimum Gasteiger partial charge on any atom is -0.290 e. The van der Waals surface area contributed by atoms with Crippen LogP contribution >= 0.6 is 46.8 Å². The summed E-state index contributed by atoms with van der Waals surface area (Å²) in [6.07, 6.45) is 2.07. The molecule has 0 aliphatic heterocycles. The minimum atomic E-state index is -0.497. The first-order valence-electron chi connectivity index (χ1n) is 2.82. The van der Waals surface area contributed by atoms with E-state index in [1.165, 1.54) is 0 Å². The van der Waals surface area contributed by atoms with Gasteiger partial charge < -0.3 is 0 Å². The predicted molar refractivity (Wildman–Crippen MR) is 52.7 cm³/mol. The van der Waals surface area contributed by atoms with Gasteiger partial charge in [0.1, 0.15) is 0 Å². The van der Waals surface area contributed by atoms with Gasteiger partial charge in [-0.25, -0.2) is 0 Å². The summed E-state index contributed by atoms with van der Waals surface area (Å²) in [5, 5.41) is -0.255. The van der Waals surface area contributed by atoms with Crippen molar-refractivity contribution in [3.05, 3.63) is 22.2 Å². The highest BCUT2D eigenvalue weighted by molar-refractivity contribution is 6.57. The van der Waals surface area contributed by atoms with Crippen molar-refractivity contribution >= 4 is 58.3 Å². The molecule has 0 saturated carbocycles. The fraction of sp³-hybridized carbons (Fsp3) is 0. The summed E-state index contributed by atoms with van der Waals surface area (Å²) in [5.74, 6) is -0.850. The van der Waals surface area contributed by atoms with E-state index in [-0.39, 0.29) is 15.8 Å². The van der Waals surface area contributed by atoms with E-state index in [9.17, 15) is 9.59 Å². The highest BCUT2D eigenvalue weighted by Crippen LogP contribution is 2.18. The minimum absolute atomic E-state index is 0.127. The summed E-state index contributed by atoms with van der Waals surface area (Å²) in [6.45, 7) is 0. The molecule has 0 radical (unpaired) electrons. The third-order valence-corrected chi connectivity index (χ3v) is 1.53. The number of rotatable bonds is 0. The quantitative estimate of drug-likeness (QED) is 0.538. The number of carbonyl (C=O) groups is 2. The maximum Gasteiger partial charge on any atom is 0.215 e. The Kier molecular flexibility index (Phi) is 6.37. The second-order valence-corrected chi connectivity index (χ2v) is 3.17. The summed E-state index contributed by atoms with van der Waals surface area (Å²) in [6, 6.07) is 0. The summed E-state index contributed by atoms with van der Waals surface area (Å²) in [7, 11) is 0. The molecule has 0 amide bonds. The second kappa shape index (κ2) is 6.40. The predicted octanol–water partition coefficient (Wildman–Crippen LogP) is 2.27. The number of hydrogen-bond donors (Lipinski definition) is 1. The number of halogens is 4. The molecule has 1 aliphatic rings. The lowest BCUT2D eigenvalue weighted by molar-refractivity contribution is -0.114.